The number of hydrogen-bond acceptors (Lipinski definition) is 6. The molecule has 0 amide bonds. The SMILES string of the molecule is COc1cc(CNCc2cscn2)cc2c1OCO2. The zero-order valence-electron chi connectivity index (χ0n) is 10.5. The summed E-state index contributed by atoms with van der Waals surface area (Å²) >= 11 is 1.60. The van der Waals surface area contributed by atoms with E-state index in [0.29, 0.717) is 11.5 Å². The van der Waals surface area contributed by atoms with Crippen LogP contribution in [0.1, 0.15) is 11.3 Å². The minimum absolute atomic E-state index is 0.251. The van der Waals surface area contributed by atoms with Crippen LogP contribution in [0.3, 0.4) is 0 Å². The normalized spacial score (nSPS) is 12.7. The molecule has 0 spiro atoms. The van der Waals surface area contributed by atoms with E-state index in [1.807, 2.05) is 23.0 Å². The van der Waals surface area contributed by atoms with Crippen molar-refractivity contribution >= 4 is 11.3 Å². The van der Waals surface area contributed by atoms with Crippen LogP contribution >= 0.6 is 11.3 Å². The molecule has 0 unspecified atom stereocenters. The predicted octanol–water partition coefficient (Wildman–Crippen LogP) is 2.17. The molecule has 0 bridgehead atoms. The molecule has 19 heavy (non-hydrogen) atoms. The molecule has 3 rings (SSSR count). The maximum absolute atomic E-state index is 5.39. The van der Waals surface area contributed by atoms with E-state index in [1.165, 1.54) is 0 Å². The van der Waals surface area contributed by atoms with Gasteiger partial charge >= 0.3 is 0 Å². The Kier molecular flexibility index (Phi) is 3.52. The van der Waals surface area contributed by atoms with Gasteiger partial charge in [-0.05, 0) is 17.7 Å². The molecule has 1 aliphatic rings. The lowest BCUT2D eigenvalue weighted by Gasteiger charge is -2.08. The van der Waals surface area contributed by atoms with Gasteiger partial charge in [-0.1, -0.05) is 0 Å². The Labute approximate surface area is 115 Å². The molecular weight excluding hydrogens is 264 g/mol. The predicted molar refractivity (Wildman–Crippen MR) is 71.8 cm³/mol. The van der Waals surface area contributed by atoms with Gasteiger partial charge in [-0.15, -0.1) is 11.3 Å². The number of nitrogens with one attached hydrogen (secondary N) is 1. The number of methoxy groups -OCH3 is 1. The third-order valence-electron chi connectivity index (χ3n) is 2.84. The van der Waals surface area contributed by atoms with Crippen molar-refractivity contribution in [2.75, 3.05) is 13.9 Å². The largest absolute Gasteiger partial charge is 0.493 e. The molecule has 0 saturated heterocycles. The van der Waals surface area contributed by atoms with Crippen LogP contribution in [0.5, 0.6) is 17.2 Å². The summed E-state index contributed by atoms with van der Waals surface area (Å²) in [6.45, 7) is 1.73. The van der Waals surface area contributed by atoms with E-state index in [2.05, 4.69) is 10.3 Å². The van der Waals surface area contributed by atoms with Gasteiger partial charge in [0.15, 0.2) is 11.5 Å². The zero-order chi connectivity index (χ0) is 13.1. The minimum Gasteiger partial charge on any atom is -0.493 e. The van der Waals surface area contributed by atoms with Gasteiger partial charge in [0.1, 0.15) is 0 Å². The van der Waals surface area contributed by atoms with Gasteiger partial charge in [0.05, 0.1) is 18.3 Å². The van der Waals surface area contributed by atoms with Crippen molar-refractivity contribution in [2.45, 2.75) is 13.1 Å². The highest BCUT2D eigenvalue weighted by Gasteiger charge is 2.19. The Hall–Kier alpha value is -1.79. The first-order valence-corrected chi connectivity index (χ1v) is 6.85. The maximum atomic E-state index is 5.39. The summed E-state index contributed by atoms with van der Waals surface area (Å²) in [5, 5.41) is 5.37. The van der Waals surface area contributed by atoms with Gasteiger partial charge < -0.3 is 19.5 Å². The first kappa shape index (κ1) is 12.3. The number of benzene rings is 1. The van der Waals surface area contributed by atoms with E-state index in [1.54, 1.807) is 18.4 Å². The van der Waals surface area contributed by atoms with E-state index < -0.39 is 0 Å². The van der Waals surface area contributed by atoms with Crippen molar-refractivity contribution in [3.63, 3.8) is 0 Å². The highest BCUT2D eigenvalue weighted by molar-refractivity contribution is 7.07. The van der Waals surface area contributed by atoms with Crippen molar-refractivity contribution in [1.82, 2.24) is 10.3 Å². The van der Waals surface area contributed by atoms with Gasteiger partial charge in [-0.3, -0.25) is 0 Å². The molecular formula is C13H14N2O3S. The Balaban J connectivity index is 1.68. The van der Waals surface area contributed by atoms with E-state index in [4.69, 9.17) is 14.2 Å². The lowest BCUT2D eigenvalue weighted by atomic mass is 10.2. The second kappa shape index (κ2) is 5.46. The fourth-order valence-corrected chi connectivity index (χ4v) is 2.50. The standard InChI is InChI=1S/C13H14N2O3S/c1-16-11-2-9(3-12-13(11)18-8-17-12)4-14-5-10-6-19-7-15-10/h2-3,6-7,14H,4-5,8H2,1H3. The van der Waals surface area contributed by atoms with Crippen LogP contribution in [0.15, 0.2) is 23.0 Å². The molecule has 1 aromatic heterocycles. The van der Waals surface area contributed by atoms with Crippen LogP contribution < -0.4 is 19.5 Å². The average molecular weight is 278 g/mol. The number of fused-ring (bicyclic) bond motifs is 1. The van der Waals surface area contributed by atoms with Crippen LogP contribution in [0.25, 0.3) is 0 Å². The lowest BCUT2D eigenvalue weighted by molar-refractivity contribution is 0.171. The van der Waals surface area contributed by atoms with Crippen LogP contribution in [0.2, 0.25) is 0 Å². The average Bonchev–Trinajstić information content (AvgIpc) is 3.08. The molecule has 100 valence electrons. The Morgan fingerprint density at radius 3 is 3.11 bits per heavy atom. The van der Waals surface area contributed by atoms with Crippen molar-refractivity contribution < 1.29 is 14.2 Å². The monoisotopic (exact) mass is 278 g/mol. The fourth-order valence-electron chi connectivity index (χ4n) is 1.95. The second-order valence-electron chi connectivity index (χ2n) is 4.12. The topological polar surface area (TPSA) is 52.6 Å². The van der Waals surface area contributed by atoms with E-state index in [9.17, 15) is 0 Å². The van der Waals surface area contributed by atoms with Gasteiger partial charge in [-0.25, -0.2) is 4.98 Å². The number of nitrogens with zero attached hydrogens (tertiary/aromatic N) is 1. The summed E-state index contributed by atoms with van der Waals surface area (Å²) in [5.74, 6) is 2.14. The van der Waals surface area contributed by atoms with Crippen molar-refractivity contribution in [2.24, 2.45) is 0 Å². The fraction of sp³-hybridized carbons (Fsp3) is 0.308. The molecule has 0 atom stereocenters. The third-order valence-corrected chi connectivity index (χ3v) is 3.47. The van der Waals surface area contributed by atoms with Crippen molar-refractivity contribution in [3.8, 4) is 17.2 Å². The number of thiazole rings is 1. The van der Waals surface area contributed by atoms with Gasteiger partial charge in [-0.2, -0.15) is 0 Å². The summed E-state index contributed by atoms with van der Waals surface area (Å²) in [5.41, 5.74) is 3.98. The highest BCUT2D eigenvalue weighted by Crippen LogP contribution is 2.41. The molecule has 0 aliphatic carbocycles. The number of hydrogen-bond donors (Lipinski definition) is 1. The highest BCUT2D eigenvalue weighted by atomic mass is 32.1. The number of rotatable bonds is 5. The first-order valence-electron chi connectivity index (χ1n) is 5.91. The molecule has 0 saturated carbocycles. The molecule has 0 radical (unpaired) electrons. The zero-order valence-corrected chi connectivity index (χ0v) is 11.3. The smallest absolute Gasteiger partial charge is 0.231 e. The quantitative estimate of drug-likeness (QED) is 0.908. The second-order valence-corrected chi connectivity index (χ2v) is 4.83. The molecule has 6 heteroatoms. The van der Waals surface area contributed by atoms with Crippen molar-refractivity contribution in [3.05, 3.63) is 34.3 Å². The molecule has 0 fully saturated rings. The van der Waals surface area contributed by atoms with Crippen LogP contribution in [0, 0.1) is 0 Å². The van der Waals surface area contributed by atoms with Gasteiger partial charge in [0, 0.05) is 18.5 Å². The van der Waals surface area contributed by atoms with Crippen molar-refractivity contribution in [1.29, 1.82) is 0 Å². The van der Waals surface area contributed by atoms with Crippen LogP contribution in [0.4, 0.5) is 0 Å². The summed E-state index contributed by atoms with van der Waals surface area (Å²) in [6, 6.07) is 3.93. The molecule has 2 aromatic rings. The molecule has 2 heterocycles. The van der Waals surface area contributed by atoms with Crippen LogP contribution in [-0.2, 0) is 13.1 Å². The van der Waals surface area contributed by atoms with E-state index in [0.717, 1.165) is 30.1 Å². The Morgan fingerprint density at radius 2 is 2.32 bits per heavy atom. The number of aromatic nitrogens is 1. The maximum Gasteiger partial charge on any atom is 0.231 e. The summed E-state index contributed by atoms with van der Waals surface area (Å²) < 4.78 is 16.1. The van der Waals surface area contributed by atoms with Crippen LogP contribution in [-0.4, -0.2) is 18.9 Å². The Bertz CT molecular complexity index is 557. The summed E-state index contributed by atoms with van der Waals surface area (Å²) in [4.78, 5) is 4.23. The van der Waals surface area contributed by atoms with Gasteiger partial charge in [0.2, 0.25) is 12.5 Å². The summed E-state index contributed by atoms with van der Waals surface area (Å²) in [6.07, 6.45) is 0. The number of ether oxygens (including phenoxy) is 3. The minimum atomic E-state index is 0.251. The van der Waals surface area contributed by atoms with Gasteiger partial charge in [0.25, 0.3) is 0 Å². The molecule has 1 aliphatic heterocycles. The molecule has 1 N–H and O–H groups in total. The lowest BCUT2D eigenvalue weighted by Crippen LogP contribution is -2.12. The third kappa shape index (κ3) is 2.64. The molecule has 1 aromatic carbocycles. The Morgan fingerprint density at radius 1 is 1.37 bits per heavy atom. The first-order chi connectivity index (χ1) is 9.36. The summed E-state index contributed by atoms with van der Waals surface area (Å²) in [7, 11) is 1.63. The van der Waals surface area contributed by atoms with E-state index in [-0.39, 0.29) is 6.79 Å². The van der Waals surface area contributed by atoms with E-state index >= 15 is 0 Å². The molecule has 5 nitrogen and oxygen atoms in total.